The Morgan fingerprint density at radius 2 is 1.69 bits per heavy atom. The molecule has 0 radical (unpaired) electrons. The number of carbonyl (C=O) groups excluding carboxylic acids is 1. The number of fused-ring (bicyclic) bond motifs is 1. The van der Waals surface area contributed by atoms with E-state index >= 15 is 0 Å². The average Bonchev–Trinajstić information content (AvgIpc) is 2.88. The molecule has 2 aromatic heterocycles. The summed E-state index contributed by atoms with van der Waals surface area (Å²) >= 11 is 0. The fraction of sp³-hybridized carbons (Fsp3) is 0.160. The van der Waals surface area contributed by atoms with Gasteiger partial charge in [-0.05, 0) is 41.5 Å². The molecule has 10 nitrogen and oxygen atoms in total. The molecule has 0 saturated carbocycles. The van der Waals surface area contributed by atoms with E-state index in [9.17, 15) is 19.2 Å². The molecule has 2 aromatic carbocycles. The molecule has 10 heteroatoms. The summed E-state index contributed by atoms with van der Waals surface area (Å²) in [7, 11) is 3.08. The van der Waals surface area contributed by atoms with Crippen LogP contribution in [-0.4, -0.2) is 38.2 Å². The fourth-order valence-corrected chi connectivity index (χ4v) is 3.62. The minimum Gasteiger partial charge on any atom is -0.497 e. The fourth-order valence-electron chi connectivity index (χ4n) is 3.62. The van der Waals surface area contributed by atoms with Gasteiger partial charge in [0.25, 0.3) is 11.5 Å². The van der Waals surface area contributed by atoms with Crippen LogP contribution in [0.2, 0.25) is 0 Å². The standard InChI is InChI=1S/C25H22N4O6/c1-28-21-13-26-20(22(30)27-12-15-5-9-18(35-2)10-6-15)11-19(21)23(31)29(25(28)34)14-16-3-7-17(8-4-16)24(32)33/h3-11,13H,12,14H2,1-2H3,(H,27,30)(H,32,33). The third-order valence-electron chi connectivity index (χ3n) is 5.62. The molecule has 0 atom stereocenters. The van der Waals surface area contributed by atoms with Crippen molar-refractivity contribution in [3.63, 3.8) is 0 Å². The highest BCUT2D eigenvalue weighted by Crippen LogP contribution is 2.12. The van der Waals surface area contributed by atoms with E-state index < -0.39 is 23.1 Å². The van der Waals surface area contributed by atoms with Gasteiger partial charge in [0.05, 0.1) is 36.3 Å². The van der Waals surface area contributed by atoms with E-state index in [1.165, 1.54) is 36.0 Å². The number of aromatic carboxylic acids is 1. The van der Waals surface area contributed by atoms with E-state index in [1.807, 2.05) is 12.1 Å². The molecule has 4 aromatic rings. The third-order valence-corrected chi connectivity index (χ3v) is 5.62. The Hall–Kier alpha value is -4.73. The molecule has 0 aliphatic rings. The largest absolute Gasteiger partial charge is 0.497 e. The number of aryl methyl sites for hydroxylation is 1. The topological polar surface area (TPSA) is 133 Å². The van der Waals surface area contributed by atoms with Gasteiger partial charge in [-0.25, -0.2) is 14.6 Å². The summed E-state index contributed by atoms with van der Waals surface area (Å²) in [4.78, 5) is 53.9. The first-order valence-corrected chi connectivity index (χ1v) is 10.6. The molecular formula is C25H22N4O6. The second-order valence-corrected chi connectivity index (χ2v) is 7.85. The van der Waals surface area contributed by atoms with Crippen LogP contribution in [0, 0.1) is 0 Å². The van der Waals surface area contributed by atoms with Gasteiger partial charge in [0, 0.05) is 13.6 Å². The van der Waals surface area contributed by atoms with Crippen molar-refractivity contribution in [2.24, 2.45) is 7.05 Å². The molecule has 35 heavy (non-hydrogen) atoms. The van der Waals surface area contributed by atoms with Gasteiger partial charge in [0.1, 0.15) is 11.4 Å². The van der Waals surface area contributed by atoms with Crippen molar-refractivity contribution in [1.29, 1.82) is 0 Å². The van der Waals surface area contributed by atoms with Gasteiger partial charge in [-0.1, -0.05) is 24.3 Å². The zero-order valence-electron chi connectivity index (χ0n) is 19.0. The maximum Gasteiger partial charge on any atom is 0.335 e. The van der Waals surface area contributed by atoms with Crippen molar-refractivity contribution in [2.45, 2.75) is 13.1 Å². The van der Waals surface area contributed by atoms with Gasteiger partial charge in [-0.3, -0.25) is 18.7 Å². The molecule has 4 rings (SSSR count). The quantitative estimate of drug-likeness (QED) is 0.417. The Morgan fingerprint density at radius 1 is 1.03 bits per heavy atom. The van der Waals surface area contributed by atoms with Crippen LogP contribution in [0.4, 0.5) is 0 Å². The molecule has 178 valence electrons. The normalized spacial score (nSPS) is 10.8. The molecule has 0 bridgehead atoms. The van der Waals surface area contributed by atoms with E-state index in [0.29, 0.717) is 16.8 Å². The summed E-state index contributed by atoms with van der Waals surface area (Å²) in [5.74, 6) is -0.830. The number of methoxy groups -OCH3 is 1. The Labute approximate surface area is 199 Å². The van der Waals surface area contributed by atoms with Crippen LogP contribution in [-0.2, 0) is 20.1 Å². The number of benzene rings is 2. The second-order valence-electron chi connectivity index (χ2n) is 7.85. The van der Waals surface area contributed by atoms with Crippen LogP contribution < -0.4 is 21.3 Å². The first-order valence-electron chi connectivity index (χ1n) is 10.6. The van der Waals surface area contributed by atoms with Crippen molar-refractivity contribution in [3.05, 3.63) is 104 Å². The molecular weight excluding hydrogens is 452 g/mol. The summed E-state index contributed by atoms with van der Waals surface area (Å²) in [5.41, 5.74) is 0.756. The highest BCUT2D eigenvalue weighted by Gasteiger charge is 2.16. The predicted molar refractivity (Wildman–Crippen MR) is 128 cm³/mol. The summed E-state index contributed by atoms with van der Waals surface area (Å²) in [6.07, 6.45) is 1.33. The molecule has 2 N–H and O–H groups in total. The number of ether oxygens (including phenoxy) is 1. The lowest BCUT2D eigenvalue weighted by Crippen LogP contribution is -2.39. The first-order chi connectivity index (χ1) is 16.8. The minimum absolute atomic E-state index is 0.0409. The Bertz CT molecular complexity index is 1540. The molecule has 1 amide bonds. The zero-order valence-corrected chi connectivity index (χ0v) is 19.0. The van der Waals surface area contributed by atoms with Crippen molar-refractivity contribution >= 4 is 22.8 Å². The van der Waals surface area contributed by atoms with E-state index in [-0.39, 0.29) is 29.7 Å². The second kappa shape index (κ2) is 9.64. The number of nitrogens with zero attached hydrogens (tertiary/aromatic N) is 3. The summed E-state index contributed by atoms with van der Waals surface area (Å²) < 4.78 is 7.44. The van der Waals surface area contributed by atoms with Crippen LogP contribution in [0.25, 0.3) is 10.9 Å². The lowest BCUT2D eigenvalue weighted by molar-refractivity contribution is 0.0696. The van der Waals surface area contributed by atoms with Crippen LogP contribution in [0.5, 0.6) is 5.75 Å². The van der Waals surface area contributed by atoms with E-state index in [1.54, 1.807) is 31.4 Å². The molecule has 0 spiro atoms. The predicted octanol–water partition coefficient (Wildman–Crippen LogP) is 1.78. The van der Waals surface area contributed by atoms with Crippen molar-refractivity contribution in [1.82, 2.24) is 19.4 Å². The minimum atomic E-state index is -1.07. The van der Waals surface area contributed by atoms with Crippen molar-refractivity contribution in [3.8, 4) is 5.75 Å². The monoisotopic (exact) mass is 474 g/mol. The lowest BCUT2D eigenvalue weighted by atomic mass is 10.1. The smallest absolute Gasteiger partial charge is 0.335 e. The highest BCUT2D eigenvalue weighted by molar-refractivity contribution is 5.95. The average molecular weight is 474 g/mol. The van der Waals surface area contributed by atoms with Gasteiger partial charge in [0.2, 0.25) is 0 Å². The molecule has 0 fully saturated rings. The van der Waals surface area contributed by atoms with Gasteiger partial charge in [-0.2, -0.15) is 0 Å². The van der Waals surface area contributed by atoms with E-state index in [2.05, 4.69) is 10.3 Å². The maximum atomic E-state index is 13.2. The molecule has 0 unspecified atom stereocenters. The van der Waals surface area contributed by atoms with Crippen LogP contribution in [0.3, 0.4) is 0 Å². The summed E-state index contributed by atoms with van der Waals surface area (Å²) in [6.45, 7) is 0.203. The number of aromatic nitrogens is 3. The molecule has 0 saturated heterocycles. The molecule has 0 aliphatic heterocycles. The van der Waals surface area contributed by atoms with E-state index in [4.69, 9.17) is 9.84 Å². The number of carbonyl (C=O) groups is 2. The Morgan fingerprint density at radius 3 is 2.31 bits per heavy atom. The van der Waals surface area contributed by atoms with Gasteiger partial charge in [-0.15, -0.1) is 0 Å². The van der Waals surface area contributed by atoms with E-state index in [0.717, 1.165) is 10.1 Å². The first kappa shape index (κ1) is 23.4. The Kier molecular flexibility index (Phi) is 6.45. The number of rotatable bonds is 7. The number of nitrogens with one attached hydrogen (secondary N) is 1. The number of pyridine rings is 1. The maximum absolute atomic E-state index is 13.2. The van der Waals surface area contributed by atoms with Gasteiger partial charge >= 0.3 is 11.7 Å². The third kappa shape index (κ3) is 4.81. The lowest BCUT2D eigenvalue weighted by Gasteiger charge is -2.12. The Balaban J connectivity index is 1.63. The summed E-state index contributed by atoms with van der Waals surface area (Å²) in [6, 6.07) is 14.5. The number of amides is 1. The number of carboxylic acid groups (broad SMARTS) is 1. The van der Waals surface area contributed by atoms with Crippen LogP contribution >= 0.6 is 0 Å². The van der Waals surface area contributed by atoms with Gasteiger partial charge < -0.3 is 15.2 Å². The van der Waals surface area contributed by atoms with Crippen molar-refractivity contribution < 1.29 is 19.4 Å². The molecule has 2 heterocycles. The number of hydrogen-bond acceptors (Lipinski definition) is 6. The highest BCUT2D eigenvalue weighted by atomic mass is 16.5. The number of hydrogen-bond donors (Lipinski definition) is 2. The van der Waals surface area contributed by atoms with Crippen LogP contribution in [0.15, 0.2) is 70.4 Å². The molecule has 0 aliphatic carbocycles. The van der Waals surface area contributed by atoms with Crippen LogP contribution in [0.1, 0.15) is 32.0 Å². The zero-order chi connectivity index (χ0) is 25.1. The summed E-state index contributed by atoms with van der Waals surface area (Å²) in [5, 5.41) is 12.0. The number of carboxylic acids is 1. The van der Waals surface area contributed by atoms with Gasteiger partial charge in [0.15, 0.2) is 0 Å². The van der Waals surface area contributed by atoms with Crippen molar-refractivity contribution in [2.75, 3.05) is 7.11 Å². The SMILES string of the molecule is COc1ccc(CNC(=O)c2cc3c(=O)n(Cc4ccc(C(=O)O)cc4)c(=O)n(C)c3cn2)cc1.